The van der Waals surface area contributed by atoms with Gasteiger partial charge in [0.2, 0.25) is 0 Å². The molecule has 1 fully saturated rings. The molecule has 3 aromatic rings. The molecule has 0 radical (unpaired) electrons. The van der Waals surface area contributed by atoms with Crippen molar-refractivity contribution >= 4 is 23.1 Å². The second kappa shape index (κ2) is 9.16. The van der Waals surface area contributed by atoms with Crippen LogP contribution < -0.4 is 9.64 Å². The summed E-state index contributed by atoms with van der Waals surface area (Å²) >= 11 is 0. The Morgan fingerprint density at radius 2 is 1.76 bits per heavy atom. The zero-order valence-corrected chi connectivity index (χ0v) is 18.7. The number of aliphatic hydroxyl groups excluding tert-OH is 1. The molecule has 1 saturated heterocycles. The number of hydrogen-bond donors (Lipinski definition) is 1. The second-order valence-electron chi connectivity index (χ2n) is 8.00. The topological polar surface area (TPSA) is 83.0 Å². The van der Waals surface area contributed by atoms with E-state index in [-0.39, 0.29) is 17.9 Å². The molecule has 7 heteroatoms. The van der Waals surface area contributed by atoms with Crippen LogP contribution in [0.25, 0.3) is 5.76 Å². The molecule has 2 heterocycles. The van der Waals surface area contributed by atoms with Crippen molar-refractivity contribution in [2.24, 2.45) is 0 Å². The zero-order chi connectivity index (χ0) is 23.5. The Kier molecular flexibility index (Phi) is 6.13. The predicted molar refractivity (Wildman–Crippen MR) is 126 cm³/mol. The van der Waals surface area contributed by atoms with Gasteiger partial charge >= 0.3 is 0 Å². The zero-order valence-electron chi connectivity index (χ0n) is 18.7. The molecule has 0 bridgehead atoms. The molecule has 1 aliphatic rings. The van der Waals surface area contributed by atoms with E-state index in [9.17, 15) is 14.7 Å². The van der Waals surface area contributed by atoms with Crippen molar-refractivity contribution in [1.29, 1.82) is 0 Å². The van der Waals surface area contributed by atoms with Gasteiger partial charge in [-0.1, -0.05) is 18.2 Å². The van der Waals surface area contributed by atoms with E-state index in [1.807, 2.05) is 49.3 Å². The van der Waals surface area contributed by atoms with E-state index >= 15 is 0 Å². The fourth-order valence-corrected chi connectivity index (χ4v) is 3.94. The lowest BCUT2D eigenvalue weighted by molar-refractivity contribution is -0.140. The Morgan fingerprint density at radius 1 is 1.06 bits per heavy atom. The number of ether oxygens (including phenoxy) is 1. The minimum absolute atomic E-state index is 0.0617. The van der Waals surface area contributed by atoms with Crippen LogP contribution >= 0.6 is 0 Å². The number of ketones is 1. The number of carbonyl (C=O) groups is 2. The molecule has 1 aromatic heterocycles. The summed E-state index contributed by atoms with van der Waals surface area (Å²) in [5.74, 6) is -0.963. The normalized spacial score (nSPS) is 17.3. The van der Waals surface area contributed by atoms with Gasteiger partial charge in [-0.3, -0.25) is 14.6 Å². The van der Waals surface area contributed by atoms with E-state index < -0.39 is 17.7 Å². The highest BCUT2D eigenvalue weighted by molar-refractivity contribution is 6.46. The summed E-state index contributed by atoms with van der Waals surface area (Å²) in [5.41, 5.74) is 3.01. The first-order valence-corrected chi connectivity index (χ1v) is 10.5. The van der Waals surface area contributed by atoms with Gasteiger partial charge in [0, 0.05) is 44.3 Å². The van der Waals surface area contributed by atoms with Crippen LogP contribution in [0.4, 0.5) is 5.69 Å². The Hall–Kier alpha value is -4.13. The van der Waals surface area contributed by atoms with E-state index in [1.54, 1.807) is 49.8 Å². The van der Waals surface area contributed by atoms with Gasteiger partial charge in [0.25, 0.3) is 11.7 Å². The summed E-state index contributed by atoms with van der Waals surface area (Å²) in [6, 6.07) is 17.2. The molecule has 33 heavy (non-hydrogen) atoms. The van der Waals surface area contributed by atoms with Crippen LogP contribution in [-0.4, -0.2) is 47.9 Å². The molecule has 1 unspecified atom stereocenters. The standard InChI is InChI=1S/C26H25N3O4/c1-28(2)20-10-6-18(7-11-20)23-22(24(30)19-8-12-21(33-3)13-9-19)25(31)26(32)29(23)16-17-5-4-14-27-15-17/h4-15,23,30H,16H2,1-3H3/b24-22-. The average molecular weight is 444 g/mol. The highest BCUT2D eigenvalue weighted by Crippen LogP contribution is 2.40. The second-order valence-corrected chi connectivity index (χ2v) is 8.00. The summed E-state index contributed by atoms with van der Waals surface area (Å²) in [5, 5.41) is 11.1. The molecule has 0 spiro atoms. The maximum absolute atomic E-state index is 13.1. The van der Waals surface area contributed by atoms with E-state index in [1.165, 1.54) is 4.90 Å². The Labute approximate surface area is 192 Å². The highest BCUT2D eigenvalue weighted by Gasteiger charge is 2.46. The molecule has 2 aromatic carbocycles. The first-order valence-electron chi connectivity index (χ1n) is 10.5. The van der Waals surface area contributed by atoms with Gasteiger partial charge in [-0.05, 0) is 53.6 Å². The maximum Gasteiger partial charge on any atom is 0.295 e. The Bertz CT molecular complexity index is 1190. The molecule has 7 nitrogen and oxygen atoms in total. The molecular weight excluding hydrogens is 418 g/mol. The maximum atomic E-state index is 13.1. The van der Waals surface area contributed by atoms with Crippen LogP contribution in [0.2, 0.25) is 0 Å². The molecule has 0 saturated carbocycles. The van der Waals surface area contributed by atoms with Crippen LogP contribution in [0.15, 0.2) is 78.6 Å². The van der Waals surface area contributed by atoms with Gasteiger partial charge in [-0.25, -0.2) is 0 Å². The number of aliphatic hydroxyl groups is 1. The number of amides is 1. The van der Waals surface area contributed by atoms with Gasteiger partial charge in [-0.15, -0.1) is 0 Å². The first kappa shape index (κ1) is 22.1. The minimum atomic E-state index is -0.733. The van der Waals surface area contributed by atoms with E-state index in [0.29, 0.717) is 11.3 Å². The Balaban J connectivity index is 1.83. The molecule has 1 aliphatic heterocycles. The number of carbonyl (C=O) groups excluding carboxylic acids is 2. The lowest BCUT2D eigenvalue weighted by Crippen LogP contribution is -2.29. The fourth-order valence-electron chi connectivity index (χ4n) is 3.94. The largest absolute Gasteiger partial charge is 0.507 e. The van der Waals surface area contributed by atoms with Crippen LogP contribution in [0.1, 0.15) is 22.7 Å². The molecule has 168 valence electrons. The predicted octanol–water partition coefficient (Wildman–Crippen LogP) is 3.78. The number of anilines is 1. The van der Waals surface area contributed by atoms with Crippen LogP contribution in [-0.2, 0) is 16.1 Å². The number of aromatic nitrogens is 1. The van der Waals surface area contributed by atoms with Crippen molar-refractivity contribution in [1.82, 2.24) is 9.88 Å². The van der Waals surface area contributed by atoms with Gasteiger partial charge in [0.1, 0.15) is 11.5 Å². The van der Waals surface area contributed by atoms with E-state index in [2.05, 4.69) is 4.98 Å². The molecular formula is C26H25N3O4. The third-order valence-corrected chi connectivity index (χ3v) is 5.70. The third kappa shape index (κ3) is 4.30. The minimum Gasteiger partial charge on any atom is -0.507 e. The third-order valence-electron chi connectivity index (χ3n) is 5.70. The fraction of sp³-hybridized carbons (Fsp3) is 0.192. The monoisotopic (exact) mass is 443 g/mol. The first-order chi connectivity index (χ1) is 15.9. The summed E-state index contributed by atoms with van der Waals surface area (Å²) in [4.78, 5) is 33.8. The number of Topliss-reactive ketones (excluding diaryl/α,β-unsaturated/α-hetero) is 1. The van der Waals surface area contributed by atoms with Crippen molar-refractivity contribution in [3.05, 3.63) is 95.3 Å². The molecule has 4 rings (SSSR count). The summed E-state index contributed by atoms with van der Waals surface area (Å²) in [7, 11) is 5.43. The lowest BCUT2D eigenvalue weighted by atomic mass is 9.95. The van der Waals surface area contributed by atoms with Gasteiger partial charge < -0.3 is 19.6 Å². The quantitative estimate of drug-likeness (QED) is 0.355. The number of pyridine rings is 1. The lowest BCUT2D eigenvalue weighted by Gasteiger charge is -2.26. The van der Waals surface area contributed by atoms with Gasteiger partial charge in [-0.2, -0.15) is 0 Å². The molecule has 0 aliphatic carbocycles. The number of rotatable bonds is 6. The summed E-state index contributed by atoms with van der Waals surface area (Å²) in [6.07, 6.45) is 3.31. The van der Waals surface area contributed by atoms with Crippen molar-refractivity contribution in [3.8, 4) is 5.75 Å². The van der Waals surface area contributed by atoms with Crippen LogP contribution in [0, 0.1) is 0 Å². The van der Waals surface area contributed by atoms with Crippen LogP contribution in [0.5, 0.6) is 5.75 Å². The van der Waals surface area contributed by atoms with Gasteiger partial charge in [0.15, 0.2) is 0 Å². The smallest absolute Gasteiger partial charge is 0.295 e. The molecule has 1 N–H and O–H groups in total. The number of hydrogen-bond acceptors (Lipinski definition) is 6. The van der Waals surface area contributed by atoms with Crippen molar-refractivity contribution in [2.75, 3.05) is 26.1 Å². The average Bonchev–Trinajstić information content (AvgIpc) is 3.09. The number of likely N-dealkylation sites (tertiary alicyclic amines) is 1. The van der Waals surface area contributed by atoms with Crippen LogP contribution in [0.3, 0.4) is 0 Å². The molecule has 1 atom stereocenters. The number of benzene rings is 2. The molecule has 1 amide bonds. The number of nitrogens with zero attached hydrogens (tertiary/aromatic N) is 3. The summed E-state index contributed by atoms with van der Waals surface area (Å²) in [6.45, 7) is 0.192. The van der Waals surface area contributed by atoms with Crippen molar-refractivity contribution in [2.45, 2.75) is 12.6 Å². The summed E-state index contributed by atoms with van der Waals surface area (Å²) < 4.78 is 5.18. The SMILES string of the molecule is COc1ccc(/C(O)=C2/C(=O)C(=O)N(Cc3cccnc3)C2c2ccc(N(C)C)cc2)cc1. The van der Waals surface area contributed by atoms with Crippen molar-refractivity contribution in [3.63, 3.8) is 0 Å². The Morgan fingerprint density at radius 3 is 2.33 bits per heavy atom. The van der Waals surface area contributed by atoms with Crippen molar-refractivity contribution < 1.29 is 19.4 Å². The number of methoxy groups -OCH3 is 1. The van der Waals surface area contributed by atoms with E-state index in [4.69, 9.17) is 4.74 Å². The highest BCUT2D eigenvalue weighted by atomic mass is 16.5. The van der Waals surface area contributed by atoms with Gasteiger partial charge in [0.05, 0.1) is 18.7 Å². The van der Waals surface area contributed by atoms with E-state index in [0.717, 1.165) is 16.8 Å².